The lowest BCUT2D eigenvalue weighted by atomic mass is 10.4. The predicted octanol–water partition coefficient (Wildman–Crippen LogP) is 1.73. The molecule has 1 aromatic heterocycles. The summed E-state index contributed by atoms with van der Waals surface area (Å²) in [5.74, 6) is 2.01. The van der Waals surface area contributed by atoms with Gasteiger partial charge < -0.3 is 16.0 Å². The van der Waals surface area contributed by atoms with Gasteiger partial charge in [-0.15, -0.1) is 0 Å². The van der Waals surface area contributed by atoms with E-state index in [4.69, 9.17) is 5.73 Å². The number of rotatable bonds is 6. The van der Waals surface area contributed by atoms with E-state index in [1.165, 1.54) is 0 Å². The SMILES string of the molecule is CCCN(CC)c1cc(NCC)nc(N)n1. The van der Waals surface area contributed by atoms with E-state index in [2.05, 4.69) is 34.0 Å². The van der Waals surface area contributed by atoms with Crippen LogP contribution in [0.25, 0.3) is 0 Å². The van der Waals surface area contributed by atoms with Crippen LogP contribution in [0.3, 0.4) is 0 Å². The van der Waals surface area contributed by atoms with Crippen LogP contribution in [-0.4, -0.2) is 29.6 Å². The van der Waals surface area contributed by atoms with Crippen molar-refractivity contribution in [1.29, 1.82) is 0 Å². The molecule has 0 amide bonds. The Morgan fingerprint density at radius 1 is 1.31 bits per heavy atom. The van der Waals surface area contributed by atoms with Crippen molar-refractivity contribution in [2.24, 2.45) is 0 Å². The van der Waals surface area contributed by atoms with Crippen molar-refractivity contribution in [3.05, 3.63) is 6.07 Å². The van der Waals surface area contributed by atoms with Gasteiger partial charge in [-0.05, 0) is 20.3 Å². The van der Waals surface area contributed by atoms with Gasteiger partial charge in [0.25, 0.3) is 0 Å². The zero-order valence-electron chi connectivity index (χ0n) is 10.3. The summed E-state index contributed by atoms with van der Waals surface area (Å²) in [7, 11) is 0. The summed E-state index contributed by atoms with van der Waals surface area (Å²) in [5, 5.41) is 3.15. The number of nitrogen functional groups attached to an aromatic ring is 1. The summed E-state index contributed by atoms with van der Waals surface area (Å²) in [4.78, 5) is 10.6. The van der Waals surface area contributed by atoms with E-state index in [0.29, 0.717) is 5.95 Å². The van der Waals surface area contributed by atoms with Crippen LogP contribution in [0, 0.1) is 0 Å². The molecule has 0 radical (unpaired) electrons. The van der Waals surface area contributed by atoms with E-state index < -0.39 is 0 Å². The van der Waals surface area contributed by atoms with E-state index in [1.807, 2.05) is 13.0 Å². The highest BCUT2D eigenvalue weighted by atomic mass is 15.2. The van der Waals surface area contributed by atoms with E-state index in [-0.39, 0.29) is 0 Å². The summed E-state index contributed by atoms with van der Waals surface area (Å²) in [6.07, 6.45) is 1.09. The number of nitrogens with two attached hydrogens (primary N) is 1. The number of nitrogens with one attached hydrogen (secondary N) is 1. The second kappa shape index (κ2) is 6.15. The maximum absolute atomic E-state index is 5.69. The Hall–Kier alpha value is -1.52. The van der Waals surface area contributed by atoms with Crippen LogP contribution >= 0.6 is 0 Å². The Morgan fingerprint density at radius 2 is 2.06 bits per heavy atom. The van der Waals surface area contributed by atoms with Crippen LogP contribution in [0.4, 0.5) is 17.6 Å². The first kappa shape index (κ1) is 12.5. The Bertz CT molecular complexity index is 326. The number of aromatic nitrogens is 2. The van der Waals surface area contributed by atoms with Crippen molar-refractivity contribution in [3.8, 4) is 0 Å². The van der Waals surface area contributed by atoms with E-state index >= 15 is 0 Å². The summed E-state index contributed by atoms with van der Waals surface area (Å²) >= 11 is 0. The topological polar surface area (TPSA) is 67.1 Å². The Kier molecular flexibility index (Phi) is 4.82. The van der Waals surface area contributed by atoms with E-state index in [9.17, 15) is 0 Å². The van der Waals surface area contributed by atoms with Gasteiger partial charge in [0, 0.05) is 25.7 Å². The van der Waals surface area contributed by atoms with Gasteiger partial charge in [0.1, 0.15) is 11.6 Å². The quantitative estimate of drug-likeness (QED) is 0.768. The van der Waals surface area contributed by atoms with E-state index in [1.54, 1.807) is 0 Å². The molecular weight excluding hydrogens is 202 g/mol. The second-order valence-electron chi connectivity index (χ2n) is 3.58. The molecular formula is C11H21N5. The molecule has 90 valence electrons. The second-order valence-corrected chi connectivity index (χ2v) is 3.58. The minimum absolute atomic E-state index is 0.322. The predicted molar refractivity (Wildman–Crippen MR) is 68.8 cm³/mol. The molecule has 5 nitrogen and oxygen atoms in total. The average molecular weight is 223 g/mol. The molecule has 3 N–H and O–H groups in total. The lowest BCUT2D eigenvalue weighted by Gasteiger charge is -2.21. The largest absolute Gasteiger partial charge is 0.370 e. The van der Waals surface area contributed by atoms with Crippen LogP contribution in [0.5, 0.6) is 0 Å². The first-order valence-electron chi connectivity index (χ1n) is 5.84. The lowest BCUT2D eigenvalue weighted by Crippen LogP contribution is -2.25. The fraction of sp³-hybridized carbons (Fsp3) is 0.636. The molecule has 0 aliphatic heterocycles. The molecule has 0 saturated heterocycles. The number of hydrogen-bond donors (Lipinski definition) is 2. The highest BCUT2D eigenvalue weighted by Crippen LogP contribution is 2.16. The smallest absolute Gasteiger partial charge is 0.223 e. The van der Waals surface area contributed by atoms with Crippen molar-refractivity contribution >= 4 is 17.6 Å². The molecule has 0 unspecified atom stereocenters. The maximum Gasteiger partial charge on any atom is 0.223 e. The fourth-order valence-corrected chi connectivity index (χ4v) is 1.59. The average Bonchev–Trinajstić information content (AvgIpc) is 2.25. The molecule has 0 fully saturated rings. The Morgan fingerprint density at radius 3 is 2.62 bits per heavy atom. The number of hydrogen-bond acceptors (Lipinski definition) is 5. The number of anilines is 3. The summed E-state index contributed by atoms with van der Waals surface area (Å²) in [6, 6.07) is 1.94. The van der Waals surface area contributed by atoms with Gasteiger partial charge in [0.2, 0.25) is 5.95 Å². The summed E-state index contributed by atoms with van der Waals surface area (Å²) in [5.41, 5.74) is 5.69. The molecule has 0 aromatic carbocycles. The molecule has 0 atom stereocenters. The third-order valence-corrected chi connectivity index (χ3v) is 2.29. The van der Waals surface area contributed by atoms with Crippen LogP contribution in [-0.2, 0) is 0 Å². The highest BCUT2D eigenvalue weighted by molar-refractivity contribution is 5.52. The first-order valence-corrected chi connectivity index (χ1v) is 5.84. The molecule has 1 aromatic rings. The molecule has 0 saturated carbocycles. The van der Waals surface area contributed by atoms with Crippen LogP contribution in [0.15, 0.2) is 6.07 Å². The fourth-order valence-electron chi connectivity index (χ4n) is 1.59. The Balaban J connectivity index is 2.92. The van der Waals surface area contributed by atoms with Crippen LogP contribution in [0.1, 0.15) is 27.2 Å². The molecule has 0 aliphatic rings. The molecule has 0 spiro atoms. The zero-order chi connectivity index (χ0) is 12.0. The summed E-state index contributed by atoms with van der Waals surface area (Å²) < 4.78 is 0. The number of nitrogens with zero attached hydrogens (tertiary/aromatic N) is 3. The standard InChI is InChI=1S/C11H21N5/c1-4-7-16(6-3)10-8-9(13-5-2)14-11(12)15-10/h8H,4-7H2,1-3H3,(H3,12,13,14,15). The lowest BCUT2D eigenvalue weighted by molar-refractivity contribution is 0.777. The monoisotopic (exact) mass is 223 g/mol. The van der Waals surface area contributed by atoms with Gasteiger partial charge >= 0.3 is 0 Å². The molecule has 5 heteroatoms. The van der Waals surface area contributed by atoms with Gasteiger partial charge in [-0.3, -0.25) is 0 Å². The summed E-state index contributed by atoms with van der Waals surface area (Å²) in [6.45, 7) is 9.03. The van der Waals surface area contributed by atoms with Crippen molar-refractivity contribution < 1.29 is 0 Å². The third kappa shape index (κ3) is 3.25. The van der Waals surface area contributed by atoms with Gasteiger partial charge in [-0.2, -0.15) is 9.97 Å². The highest BCUT2D eigenvalue weighted by Gasteiger charge is 2.07. The third-order valence-electron chi connectivity index (χ3n) is 2.29. The molecule has 1 rings (SSSR count). The van der Waals surface area contributed by atoms with Crippen LogP contribution in [0.2, 0.25) is 0 Å². The van der Waals surface area contributed by atoms with Gasteiger partial charge in [-0.25, -0.2) is 0 Å². The molecule has 16 heavy (non-hydrogen) atoms. The van der Waals surface area contributed by atoms with Crippen molar-refractivity contribution in [2.45, 2.75) is 27.2 Å². The normalized spacial score (nSPS) is 10.2. The van der Waals surface area contributed by atoms with Gasteiger partial charge in [0.15, 0.2) is 0 Å². The zero-order valence-corrected chi connectivity index (χ0v) is 10.3. The molecule has 0 aliphatic carbocycles. The minimum atomic E-state index is 0.322. The first-order chi connectivity index (χ1) is 7.71. The van der Waals surface area contributed by atoms with Crippen molar-refractivity contribution in [3.63, 3.8) is 0 Å². The minimum Gasteiger partial charge on any atom is -0.370 e. The van der Waals surface area contributed by atoms with Crippen LogP contribution < -0.4 is 16.0 Å². The van der Waals surface area contributed by atoms with E-state index in [0.717, 1.165) is 37.7 Å². The van der Waals surface area contributed by atoms with Crippen molar-refractivity contribution in [2.75, 3.05) is 35.6 Å². The van der Waals surface area contributed by atoms with Crippen molar-refractivity contribution in [1.82, 2.24) is 9.97 Å². The van der Waals surface area contributed by atoms with Gasteiger partial charge in [-0.1, -0.05) is 6.92 Å². The maximum atomic E-state index is 5.69. The Labute approximate surface area is 97.1 Å². The molecule has 0 bridgehead atoms. The molecule has 1 heterocycles. The van der Waals surface area contributed by atoms with Gasteiger partial charge in [0.05, 0.1) is 0 Å².